The minimum absolute atomic E-state index is 0.0210. The van der Waals surface area contributed by atoms with Gasteiger partial charge in [-0.15, -0.1) is 0 Å². The summed E-state index contributed by atoms with van der Waals surface area (Å²) < 4.78 is 11.4. The number of fused-ring (bicyclic) bond motifs is 5. The van der Waals surface area contributed by atoms with Crippen molar-refractivity contribution in [3.05, 3.63) is 47.5 Å². The van der Waals surface area contributed by atoms with Crippen LogP contribution in [0, 0.1) is 28.6 Å². The Balaban J connectivity index is 1.34. The van der Waals surface area contributed by atoms with Crippen LogP contribution in [0.4, 0.5) is 0 Å². The number of esters is 1. The molecule has 5 rings (SSSR count). The molecule has 31 heavy (non-hydrogen) atoms. The Kier molecular flexibility index (Phi) is 5.22. The topological polar surface area (TPSA) is 52.6 Å². The Hall–Kier alpha value is -2.10. The molecule has 4 aliphatic rings. The van der Waals surface area contributed by atoms with Crippen molar-refractivity contribution < 1.29 is 19.1 Å². The quantitative estimate of drug-likeness (QED) is 0.354. The van der Waals surface area contributed by atoms with Crippen LogP contribution in [-0.4, -0.2) is 24.6 Å². The van der Waals surface area contributed by atoms with E-state index in [-0.39, 0.29) is 29.0 Å². The highest BCUT2D eigenvalue weighted by molar-refractivity contribution is 5.89. The van der Waals surface area contributed by atoms with Gasteiger partial charge >= 0.3 is 5.97 Å². The lowest BCUT2D eigenvalue weighted by molar-refractivity contribution is -0.133. The largest absolute Gasteiger partial charge is 0.460 e. The van der Waals surface area contributed by atoms with Gasteiger partial charge in [0, 0.05) is 5.41 Å². The average Bonchev–Trinajstić information content (AvgIpc) is 3.11. The summed E-state index contributed by atoms with van der Waals surface area (Å²) >= 11 is 0. The van der Waals surface area contributed by atoms with Crippen molar-refractivity contribution in [2.24, 2.45) is 28.6 Å². The average molecular weight is 423 g/mol. The lowest BCUT2D eigenvalue weighted by atomic mass is 9.47. The van der Waals surface area contributed by atoms with Gasteiger partial charge in [-0.3, -0.25) is 4.79 Å². The van der Waals surface area contributed by atoms with E-state index in [1.165, 1.54) is 18.4 Å². The molecule has 0 saturated heterocycles. The van der Waals surface area contributed by atoms with E-state index in [0.29, 0.717) is 29.8 Å². The molecule has 3 fully saturated rings. The second-order valence-corrected chi connectivity index (χ2v) is 10.7. The minimum Gasteiger partial charge on any atom is -0.460 e. The molecule has 0 heterocycles. The highest BCUT2D eigenvalue weighted by atomic mass is 16.5. The van der Waals surface area contributed by atoms with E-state index < -0.39 is 0 Å². The minimum atomic E-state index is -0.177. The van der Waals surface area contributed by atoms with Gasteiger partial charge in [0.05, 0.1) is 5.56 Å². The summed E-state index contributed by atoms with van der Waals surface area (Å²) in [6.07, 6.45) is 11.1. The number of benzene rings is 1. The molecule has 0 aliphatic heterocycles. The maximum atomic E-state index is 12.8. The number of carbonyl (C=O) groups excluding carboxylic acids is 2. The number of hydrogen-bond acceptors (Lipinski definition) is 4. The number of allylic oxidation sites excluding steroid dienone is 1. The Bertz CT molecular complexity index is 876. The summed E-state index contributed by atoms with van der Waals surface area (Å²) in [4.78, 5) is 23.6. The Labute approximate surface area is 185 Å². The highest BCUT2D eigenvalue weighted by Gasteiger charge is 2.60. The summed E-state index contributed by atoms with van der Waals surface area (Å²) in [5, 5.41) is 0. The summed E-state index contributed by atoms with van der Waals surface area (Å²) in [5.41, 5.74) is 2.48. The van der Waals surface area contributed by atoms with E-state index in [4.69, 9.17) is 9.47 Å². The standard InChI is InChI=1S/C27H34O4/c1-26-14-12-20(30-17-28)16-19(26)8-9-21-22-10-11-24(27(22,2)15-13-23(21)26)31-25(29)18-6-4-3-5-7-18/h3-7,16-17,20-24H,8-15H2,1-2H3/t20?,21-,22-,23-,24?,26-,27-/m0/s1. The van der Waals surface area contributed by atoms with E-state index in [1.807, 2.05) is 30.3 Å². The number of hydrogen-bond donors (Lipinski definition) is 0. The smallest absolute Gasteiger partial charge is 0.338 e. The van der Waals surface area contributed by atoms with Crippen molar-refractivity contribution in [2.75, 3.05) is 0 Å². The summed E-state index contributed by atoms with van der Waals surface area (Å²) in [7, 11) is 0. The van der Waals surface area contributed by atoms with Gasteiger partial charge < -0.3 is 9.47 Å². The third-order valence-electron chi connectivity index (χ3n) is 9.47. The third kappa shape index (κ3) is 3.34. The normalized spacial score (nSPS) is 41.2. The van der Waals surface area contributed by atoms with Gasteiger partial charge in [-0.2, -0.15) is 0 Å². The molecule has 3 saturated carbocycles. The first-order valence-corrected chi connectivity index (χ1v) is 12.0. The second kappa shape index (κ2) is 7.79. The van der Waals surface area contributed by atoms with Gasteiger partial charge in [-0.25, -0.2) is 4.79 Å². The number of ether oxygens (including phenoxy) is 2. The molecule has 0 N–H and O–H groups in total. The molecule has 166 valence electrons. The lowest BCUT2D eigenvalue weighted by Gasteiger charge is -2.58. The van der Waals surface area contributed by atoms with Gasteiger partial charge in [-0.1, -0.05) is 37.6 Å². The first-order chi connectivity index (χ1) is 15.0. The molecule has 2 unspecified atom stereocenters. The Morgan fingerprint density at radius 3 is 2.58 bits per heavy atom. The van der Waals surface area contributed by atoms with Crippen LogP contribution in [0.15, 0.2) is 42.0 Å². The first-order valence-electron chi connectivity index (χ1n) is 12.0. The summed E-state index contributed by atoms with van der Waals surface area (Å²) in [6.45, 7) is 5.43. The fraction of sp³-hybridized carbons (Fsp3) is 0.630. The molecule has 4 nitrogen and oxygen atoms in total. The molecule has 0 radical (unpaired) electrons. The zero-order valence-corrected chi connectivity index (χ0v) is 18.7. The molecular formula is C27H34O4. The van der Waals surface area contributed by atoms with Crippen molar-refractivity contribution >= 4 is 12.4 Å². The molecule has 0 spiro atoms. The van der Waals surface area contributed by atoms with E-state index in [2.05, 4.69) is 19.9 Å². The van der Waals surface area contributed by atoms with Crippen LogP contribution in [0.1, 0.15) is 75.6 Å². The molecular weight excluding hydrogens is 388 g/mol. The van der Waals surface area contributed by atoms with E-state index in [9.17, 15) is 9.59 Å². The first kappa shape index (κ1) is 20.8. The molecule has 0 bridgehead atoms. The maximum absolute atomic E-state index is 12.8. The van der Waals surface area contributed by atoms with Gasteiger partial charge in [0.2, 0.25) is 0 Å². The molecule has 1 aromatic carbocycles. The zero-order valence-electron chi connectivity index (χ0n) is 18.7. The van der Waals surface area contributed by atoms with Crippen LogP contribution >= 0.6 is 0 Å². The van der Waals surface area contributed by atoms with Crippen molar-refractivity contribution in [2.45, 2.75) is 77.4 Å². The summed E-state index contributed by atoms with van der Waals surface area (Å²) in [5.74, 6) is 1.84. The molecule has 4 aliphatic carbocycles. The van der Waals surface area contributed by atoms with E-state index in [1.54, 1.807) is 0 Å². The fourth-order valence-electron chi connectivity index (χ4n) is 7.79. The van der Waals surface area contributed by atoms with E-state index in [0.717, 1.165) is 38.5 Å². The molecule has 7 atom stereocenters. The van der Waals surface area contributed by atoms with Crippen molar-refractivity contribution in [3.63, 3.8) is 0 Å². The van der Waals surface area contributed by atoms with Gasteiger partial charge in [-0.05, 0) is 92.7 Å². The van der Waals surface area contributed by atoms with E-state index >= 15 is 0 Å². The van der Waals surface area contributed by atoms with Crippen molar-refractivity contribution in [1.82, 2.24) is 0 Å². The SMILES string of the molecule is C[C@]12CCC(OC=O)C=C1CC[C@@H]1[C@@H]2CC[C@]2(C)C(OC(=O)c3ccccc3)CC[C@@H]12. The van der Waals surface area contributed by atoms with Gasteiger partial charge in [0.15, 0.2) is 0 Å². The van der Waals surface area contributed by atoms with Crippen LogP contribution in [-0.2, 0) is 14.3 Å². The summed E-state index contributed by atoms with van der Waals surface area (Å²) in [6, 6.07) is 9.40. The number of rotatable bonds is 4. The Morgan fingerprint density at radius 2 is 1.81 bits per heavy atom. The van der Waals surface area contributed by atoms with Crippen LogP contribution in [0.5, 0.6) is 0 Å². The second-order valence-electron chi connectivity index (χ2n) is 10.7. The van der Waals surface area contributed by atoms with Crippen LogP contribution in [0.3, 0.4) is 0 Å². The van der Waals surface area contributed by atoms with Crippen molar-refractivity contribution in [1.29, 1.82) is 0 Å². The Morgan fingerprint density at radius 1 is 1.00 bits per heavy atom. The number of carbonyl (C=O) groups is 2. The predicted molar refractivity (Wildman–Crippen MR) is 118 cm³/mol. The van der Waals surface area contributed by atoms with Crippen molar-refractivity contribution in [3.8, 4) is 0 Å². The van der Waals surface area contributed by atoms with Crippen LogP contribution in [0.25, 0.3) is 0 Å². The third-order valence-corrected chi connectivity index (χ3v) is 9.47. The molecule has 4 heteroatoms. The molecule has 0 aromatic heterocycles. The van der Waals surface area contributed by atoms with Gasteiger partial charge in [0.1, 0.15) is 12.2 Å². The fourth-order valence-corrected chi connectivity index (χ4v) is 7.79. The zero-order chi connectivity index (χ0) is 21.6. The maximum Gasteiger partial charge on any atom is 0.338 e. The monoisotopic (exact) mass is 422 g/mol. The van der Waals surface area contributed by atoms with Gasteiger partial charge in [0.25, 0.3) is 6.47 Å². The van der Waals surface area contributed by atoms with Crippen LogP contribution < -0.4 is 0 Å². The molecule has 0 amide bonds. The predicted octanol–water partition coefficient (Wildman–Crippen LogP) is 5.72. The molecule has 1 aromatic rings. The lowest BCUT2D eigenvalue weighted by Crippen LogP contribution is -2.52. The van der Waals surface area contributed by atoms with Crippen LogP contribution in [0.2, 0.25) is 0 Å². The highest BCUT2D eigenvalue weighted by Crippen LogP contribution is 2.65.